The summed E-state index contributed by atoms with van der Waals surface area (Å²) in [6.45, 7) is 4.54. The molecule has 0 aliphatic rings. The lowest BCUT2D eigenvalue weighted by atomic mass is 10.0. The maximum absolute atomic E-state index is 12.2. The van der Waals surface area contributed by atoms with Gasteiger partial charge in [0.1, 0.15) is 0 Å². The van der Waals surface area contributed by atoms with Gasteiger partial charge in [0.25, 0.3) is 0 Å². The SMILES string of the molecule is CCCCCOC(=O)c1ccccc1-c1cccc(C)n1. The first kappa shape index (κ1) is 15.2. The molecule has 0 bridgehead atoms. The molecule has 3 heteroatoms. The summed E-state index contributed by atoms with van der Waals surface area (Å²) in [4.78, 5) is 16.7. The first-order valence-electron chi connectivity index (χ1n) is 7.42. The van der Waals surface area contributed by atoms with Crippen molar-refractivity contribution in [1.82, 2.24) is 4.98 Å². The highest BCUT2D eigenvalue weighted by Crippen LogP contribution is 2.22. The molecule has 0 saturated heterocycles. The third-order valence-electron chi connectivity index (χ3n) is 3.29. The van der Waals surface area contributed by atoms with Crippen molar-refractivity contribution in [3.8, 4) is 11.3 Å². The monoisotopic (exact) mass is 283 g/mol. The number of carbonyl (C=O) groups excluding carboxylic acids is 1. The Morgan fingerprint density at radius 2 is 1.90 bits per heavy atom. The number of hydrogen-bond acceptors (Lipinski definition) is 3. The minimum Gasteiger partial charge on any atom is -0.462 e. The molecule has 2 rings (SSSR count). The second-order valence-corrected chi connectivity index (χ2v) is 5.05. The van der Waals surface area contributed by atoms with Crippen LogP contribution in [0.15, 0.2) is 42.5 Å². The number of pyridine rings is 1. The molecule has 0 aliphatic heterocycles. The summed E-state index contributed by atoms with van der Waals surface area (Å²) in [5.74, 6) is -0.273. The molecule has 21 heavy (non-hydrogen) atoms. The van der Waals surface area contributed by atoms with Crippen LogP contribution in [0.3, 0.4) is 0 Å². The van der Waals surface area contributed by atoms with Gasteiger partial charge in [-0.1, -0.05) is 44.0 Å². The van der Waals surface area contributed by atoms with Gasteiger partial charge >= 0.3 is 5.97 Å². The average Bonchev–Trinajstić information content (AvgIpc) is 2.51. The Hall–Kier alpha value is -2.16. The van der Waals surface area contributed by atoms with Crippen molar-refractivity contribution in [1.29, 1.82) is 0 Å². The molecule has 0 N–H and O–H groups in total. The van der Waals surface area contributed by atoms with Crippen molar-refractivity contribution in [2.45, 2.75) is 33.1 Å². The minimum absolute atomic E-state index is 0.273. The molecule has 2 aromatic rings. The lowest BCUT2D eigenvalue weighted by molar-refractivity contribution is 0.0499. The number of aromatic nitrogens is 1. The van der Waals surface area contributed by atoms with Crippen molar-refractivity contribution >= 4 is 5.97 Å². The molecule has 1 heterocycles. The number of nitrogens with zero attached hydrogens (tertiary/aromatic N) is 1. The quantitative estimate of drug-likeness (QED) is 0.582. The van der Waals surface area contributed by atoms with E-state index in [2.05, 4.69) is 11.9 Å². The lowest BCUT2D eigenvalue weighted by Crippen LogP contribution is -2.08. The van der Waals surface area contributed by atoms with E-state index in [1.54, 1.807) is 6.07 Å². The van der Waals surface area contributed by atoms with Crippen LogP contribution in [0.2, 0.25) is 0 Å². The Morgan fingerprint density at radius 3 is 2.67 bits per heavy atom. The van der Waals surface area contributed by atoms with Gasteiger partial charge in [-0.2, -0.15) is 0 Å². The van der Waals surface area contributed by atoms with Gasteiger partial charge in [0.05, 0.1) is 17.9 Å². The molecule has 0 aliphatic carbocycles. The van der Waals surface area contributed by atoms with Gasteiger partial charge in [0.2, 0.25) is 0 Å². The molecule has 3 nitrogen and oxygen atoms in total. The van der Waals surface area contributed by atoms with E-state index >= 15 is 0 Å². The van der Waals surface area contributed by atoms with Crippen LogP contribution in [0, 0.1) is 6.92 Å². The van der Waals surface area contributed by atoms with Gasteiger partial charge in [0.15, 0.2) is 0 Å². The summed E-state index contributed by atoms with van der Waals surface area (Å²) < 4.78 is 5.36. The van der Waals surface area contributed by atoms with E-state index in [4.69, 9.17) is 4.74 Å². The van der Waals surface area contributed by atoms with Gasteiger partial charge in [-0.3, -0.25) is 4.98 Å². The topological polar surface area (TPSA) is 39.2 Å². The summed E-state index contributed by atoms with van der Waals surface area (Å²) in [6, 6.07) is 13.3. The maximum Gasteiger partial charge on any atom is 0.338 e. The largest absolute Gasteiger partial charge is 0.462 e. The molecular formula is C18H21NO2. The Morgan fingerprint density at radius 1 is 1.10 bits per heavy atom. The number of carbonyl (C=O) groups is 1. The van der Waals surface area contributed by atoms with E-state index in [1.807, 2.05) is 43.3 Å². The average molecular weight is 283 g/mol. The molecule has 1 aromatic heterocycles. The first-order valence-corrected chi connectivity index (χ1v) is 7.42. The molecular weight excluding hydrogens is 262 g/mol. The van der Waals surface area contributed by atoms with Crippen molar-refractivity contribution < 1.29 is 9.53 Å². The second-order valence-electron chi connectivity index (χ2n) is 5.05. The van der Waals surface area contributed by atoms with Crippen LogP contribution in [0.1, 0.15) is 42.2 Å². The van der Waals surface area contributed by atoms with Crippen molar-refractivity contribution in [2.75, 3.05) is 6.61 Å². The van der Waals surface area contributed by atoms with E-state index in [0.29, 0.717) is 12.2 Å². The van der Waals surface area contributed by atoms with Gasteiger partial charge in [-0.05, 0) is 31.5 Å². The molecule has 0 saturated carbocycles. The number of aryl methyl sites for hydroxylation is 1. The van der Waals surface area contributed by atoms with Crippen LogP contribution in [-0.4, -0.2) is 17.6 Å². The van der Waals surface area contributed by atoms with Crippen molar-refractivity contribution in [3.05, 3.63) is 53.7 Å². The van der Waals surface area contributed by atoms with Crippen LogP contribution >= 0.6 is 0 Å². The smallest absolute Gasteiger partial charge is 0.338 e. The second kappa shape index (κ2) is 7.58. The zero-order valence-electron chi connectivity index (χ0n) is 12.6. The van der Waals surface area contributed by atoms with Gasteiger partial charge < -0.3 is 4.74 Å². The number of rotatable bonds is 6. The molecule has 1 aromatic carbocycles. The summed E-state index contributed by atoms with van der Waals surface area (Å²) in [5, 5.41) is 0. The molecule has 0 unspecified atom stereocenters. The van der Waals surface area contributed by atoms with Gasteiger partial charge in [-0.15, -0.1) is 0 Å². The van der Waals surface area contributed by atoms with E-state index in [1.165, 1.54) is 0 Å². The zero-order valence-corrected chi connectivity index (χ0v) is 12.6. The summed E-state index contributed by atoms with van der Waals surface area (Å²) >= 11 is 0. The highest BCUT2D eigenvalue weighted by atomic mass is 16.5. The number of benzene rings is 1. The van der Waals surface area contributed by atoms with Gasteiger partial charge in [0, 0.05) is 11.3 Å². The molecule has 0 atom stereocenters. The van der Waals surface area contributed by atoms with Crippen LogP contribution in [0.4, 0.5) is 0 Å². The normalized spacial score (nSPS) is 10.4. The Balaban J connectivity index is 2.19. The summed E-state index contributed by atoms with van der Waals surface area (Å²) in [7, 11) is 0. The predicted octanol–water partition coefficient (Wildman–Crippen LogP) is 4.40. The number of esters is 1. The predicted molar refractivity (Wildman–Crippen MR) is 84.2 cm³/mol. The highest BCUT2D eigenvalue weighted by molar-refractivity contribution is 5.96. The third-order valence-corrected chi connectivity index (χ3v) is 3.29. The first-order chi connectivity index (χ1) is 10.2. The van der Waals surface area contributed by atoms with E-state index in [9.17, 15) is 4.79 Å². The number of hydrogen-bond donors (Lipinski definition) is 0. The fourth-order valence-electron chi connectivity index (χ4n) is 2.17. The van der Waals surface area contributed by atoms with E-state index in [0.717, 1.165) is 36.2 Å². The Bertz CT molecular complexity index is 608. The molecule has 110 valence electrons. The minimum atomic E-state index is -0.273. The molecule has 0 radical (unpaired) electrons. The maximum atomic E-state index is 12.2. The zero-order chi connectivity index (χ0) is 15.1. The Labute approximate surface area is 126 Å². The molecule has 0 fully saturated rings. The van der Waals surface area contributed by atoms with Gasteiger partial charge in [-0.25, -0.2) is 4.79 Å². The van der Waals surface area contributed by atoms with Crippen LogP contribution in [0.25, 0.3) is 11.3 Å². The highest BCUT2D eigenvalue weighted by Gasteiger charge is 2.14. The van der Waals surface area contributed by atoms with E-state index < -0.39 is 0 Å². The third kappa shape index (κ3) is 4.15. The van der Waals surface area contributed by atoms with Crippen LogP contribution in [0.5, 0.6) is 0 Å². The lowest BCUT2D eigenvalue weighted by Gasteiger charge is -2.09. The fraction of sp³-hybridized carbons (Fsp3) is 0.333. The number of unbranched alkanes of at least 4 members (excludes halogenated alkanes) is 2. The number of ether oxygens (including phenoxy) is 1. The fourth-order valence-corrected chi connectivity index (χ4v) is 2.17. The standard InChI is InChI=1S/C18H21NO2/c1-3-4-7-13-21-18(20)16-11-6-5-10-15(16)17-12-8-9-14(2)19-17/h5-6,8-12H,3-4,7,13H2,1-2H3. The molecule has 0 amide bonds. The van der Waals surface area contributed by atoms with Crippen molar-refractivity contribution in [2.24, 2.45) is 0 Å². The molecule has 0 spiro atoms. The van der Waals surface area contributed by atoms with Crippen LogP contribution in [-0.2, 0) is 4.74 Å². The summed E-state index contributed by atoms with van der Waals surface area (Å²) in [6.07, 6.45) is 3.10. The van der Waals surface area contributed by atoms with Crippen molar-refractivity contribution in [3.63, 3.8) is 0 Å². The summed E-state index contributed by atoms with van der Waals surface area (Å²) in [5.41, 5.74) is 3.13. The Kier molecular flexibility index (Phi) is 5.50. The van der Waals surface area contributed by atoms with Crippen LogP contribution < -0.4 is 0 Å². The van der Waals surface area contributed by atoms with E-state index in [-0.39, 0.29) is 5.97 Å².